The fourth-order valence-corrected chi connectivity index (χ4v) is 8.72. The van der Waals surface area contributed by atoms with E-state index in [2.05, 4.69) is 115 Å². The van der Waals surface area contributed by atoms with E-state index in [-0.39, 0.29) is 0 Å². The van der Waals surface area contributed by atoms with Crippen LogP contribution in [0.2, 0.25) is 5.02 Å². The Kier molecular flexibility index (Phi) is 4.60. The number of hydrogen-bond acceptors (Lipinski definition) is 2. The topological polar surface area (TPSA) is 26.3 Å². The van der Waals surface area contributed by atoms with Crippen molar-refractivity contribution in [3.05, 3.63) is 167 Å². The van der Waals surface area contributed by atoms with Gasteiger partial charge in [-0.15, -0.1) is 0 Å². The van der Waals surface area contributed by atoms with Gasteiger partial charge in [-0.05, 0) is 104 Å². The molecule has 0 radical (unpaired) electrons. The van der Waals surface area contributed by atoms with Crippen molar-refractivity contribution in [1.29, 1.82) is 0 Å². The molecule has 214 valence electrons. The summed E-state index contributed by atoms with van der Waals surface area (Å²) in [5.74, 6) is 0. The highest BCUT2D eigenvalue weighted by Crippen LogP contribution is 2.64. The van der Waals surface area contributed by atoms with Crippen molar-refractivity contribution in [2.24, 2.45) is 0 Å². The molecular formula is C43H23ClO2. The first-order chi connectivity index (χ1) is 22.7. The highest BCUT2D eigenvalue weighted by molar-refractivity contribution is 6.31. The standard InChI is InChI=1S/C43H23ClO2/c44-26-15-18-31-36(23-26)43(34-19-20-39-42(41(31)34)32-9-3-6-12-38(32)45-39)33-10-4-1-7-27(33)28-16-13-24(21-35(28)43)25-14-17-30-29-8-2-5-11-37(29)46-40(30)22-25/h1-23H. The molecule has 1 atom stereocenters. The van der Waals surface area contributed by atoms with E-state index >= 15 is 0 Å². The smallest absolute Gasteiger partial charge is 0.136 e. The van der Waals surface area contributed by atoms with E-state index < -0.39 is 5.41 Å². The van der Waals surface area contributed by atoms with Crippen molar-refractivity contribution in [3.8, 4) is 33.4 Å². The average Bonchev–Trinajstić information content (AvgIpc) is 3.82. The third kappa shape index (κ3) is 2.94. The second-order valence-electron chi connectivity index (χ2n) is 12.5. The molecule has 2 aromatic heterocycles. The van der Waals surface area contributed by atoms with Gasteiger partial charge in [-0.2, -0.15) is 0 Å². The molecule has 0 saturated heterocycles. The van der Waals surface area contributed by atoms with Crippen LogP contribution < -0.4 is 0 Å². The third-order valence-corrected chi connectivity index (χ3v) is 10.6. The van der Waals surface area contributed by atoms with Crippen LogP contribution >= 0.6 is 11.6 Å². The third-order valence-electron chi connectivity index (χ3n) is 10.4. The summed E-state index contributed by atoms with van der Waals surface area (Å²) < 4.78 is 12.7. The quantitative estimate of drug-likeness (QED) is 0.186. The fraction of sp³-hybridized carbons (Fsp3) is 0.0233. The minimum absolute atomic E-state index is 0.534. The van der Waals surface area contributed by atoms with Crippen molar-refractivity contribution >= 4 is 55.5 Å². The molecule has 9 aromatic rings. The van der Waals surface area contributed by atoms with Crippen LogP contribution in [0.3, 0.4) is 0 Å². The largest absolute Gasteiger partial charge is 0.456 e. The van der Waals surface area contributed by atoms with Gasteiger partial charge in [0.15, 0.2) is 0 Å². The molecule has 0 N–H and O–H groups in total. The lowest BCUT2D eigenvalue weighted by atomic mass is 9.70. The summed E-state index contributed by atoms with van der Waals surface area (Å²) in [6.07, 6.45) is 0. The number of para-hydroxylation sites is 2. The van der Waals surface area contributed by atoms with Crippen LogP contribution in [0.25, 0.3) is 77.3 Å². The predicted octanol–water partition coefficient (Wildman–Crippen LogP) is 12.1. The molecular weight excluding hydrogens is 584 g/mol. The van der Waals surface area contributed by atoms with Crippen LogP contribution in [0.15, 0.2) is 148 Å². The number of hydrogen-bond donors (Lipinski definition) is 0. The Balaban J connectivity index is 1.24. The van der Waals surface area contributed by atoms with Gasteiger partial charge in [0.05, 0.1) is 5.41 Å². The Morgan fingerprint density at radius 1 is 0.413 bits per heavy atom. The van der Waals surface area contributed by atoms with Gasteiger partial charge in [0, 0.05) is 26.6 Å². The normalized spacial score (nSPS) is 16.0. The van der Waals surface area contributed by atoms with Gasteiger partial charge in [-0.25, -0.2) is 0 Å². The molecule has 0 amide bonds. The maximum Gasteiger partial charge on any atom is 0.136 e. The summed E-state index contributed by atoms with van der Waals surface area (Å²) in [4.78, 5) is 0. The summed E-state index contributed by atoms with van der Waals surface area (Å²) in [6.45, 7) is 0. The molecule has 2 nitrogen and oxygen atoms in total. The van der Waals surface area contributed by atoms with E-state index in [1.54, 1.807) is 0 Å². The van der Waals surface area contributed by atoms with Gasteiger partial charge < -0.3 is 8.83 Å². The number of fused-ring (bicyclic) bond motifs is 17. The highest BCUT2D eigenvalue weighted by atomic mass is 35.5. The van der Waals surface area contributed by atoms with Crippen LogP contribution in [0, 0.1) is 0 Å². The van der Waals surface area contributed by atoms with Crippen molar-refractivity contribution in [2.75, 3.05) is 0 Å². The van der Waals surface area contributed by atoms with Crippen molar-refractivity contribution in [3.63, 3.8) is 0 Å². The molecule has 3 heteroatoms. The van der Waals surface area contributed by atoms with Gasteiger partial charge >= 0.3 is 0 Å². The number of rotatable bonds is 1. The predicted molar refractivity (Wildman–Crippen MR) is 188 cm³/mol. The maximum atomic E-state index is 6.86. The SMILES string of the molecule is Clc1ccc2c(c1)C1(c3ccccc3-c3ccc(-c4ccc5c(c4)oc4ccccc45)cc31)c1ccc3oc4ccccc4c3c1-2. The van der Waals surface area contributed by atoms with Gasteiger partial charge in [0.25, 0.3) is 0 Å². The van der Waals surface area contributed by atoms with Crippen LogP contribution in [-0.2, 0) is 5.41 Å². The molecule has 2 aliphatic rings. The number of furan rings is 2. The minimum Gasteiger partial charge on any atom is -0.456 e. The Labute approximate surface area is 269 Å². The van der Waals surface area contributed by atoms with E-state index in [0.717, 1.165) is 60.0 Å². The molecule has 0 saturated carbocycles. The molecule has 2 aliphatic carbocycles. The number of halogens is 1. The minimum atomic E-state index is -0.534. The first-order valence-corrected chi connectivity index (χ1v) is 16.0. The zero-order chi connectivity index (χ0) is 30.1. The lowest BCUT2D eigenvalue weighted by Crippen LogP contribution is -2.26. The van der Waals surface area contributed by atoms with Crippen molar-refractivity contribution < 1.29 is 8.83 Å². The first-order valence-electron chi connectivity index (χ1n) is 15.6. The zero-order valence-electron chi connectivity index (χ0n) is 24.5. The zero-order valence-corrected chi connectivity index (χ0v) is 25.2. The molecule has 0 fully saturated rings. The van der Waals surface area contributed by atoms with E-state index in [4.69, 9.17) is 20.4 Å². The molecule has 46 heavy (non-hydrogen) atoms. The molecule has 0 aliphatic heterocycles. The second kappa shape index (κ2) is 8.57. The molecule has 1 unspecified atom stereocenters. The van der Waals surface area contributed by atoms with Crippen molar-refractivity contribution in [1.82, 2.24) is 0 Å². The average molecular weight is 607 g/mol. The number of benzene rings is 7. The second-order valence-corrected chi connectivity index (χ2v) is 13.0. The van der Waals surface area contributed by atoms with E-state index in [1.165, 1.54) is 44.5 Å². The van der Waals surface area contributed by atoms with Gasteiger partial charge in [-0.3, -0.25) is 0 Å². The lowest BCUT2D eigenvalue weighted by Gasteiger charge is -2.31. The van der Waals surface area contributed by atoms with E-state index in [9.17, 15) is 0 Å². The Bertz CT molecular complexity index is 2780. The maximum absolute atomic E-state index is 6.86. The summed E-state index contributed by atoms with van der Waals surface area (Å²) in [5.41, 5.74) is 15.3. The molecule has 11 rings (SSSR count). The fourth-order valence-electron chi connectivity index (χ4n) is 8.54. The molecule has 0 bridgehead atoms. The summed E-state index contributed by atoms with van der Waals surface area (Å²) in [7, 11) is 0. The summed E-state index contributed by atoms with van der Waals surface area (Å²) in [6, 6.07) is 49.8. The first kappa shape index (κ1) is 24.7. The Morgan fingerprint density at radius 2 is 1.07 bits per heavy atom. The Hall–Kier alpha value is -5.57. The molecule has 2 heterocycles. The van der Waals surface area contributed by atoms with Gasteiger partial charge in [-0.1, -0.05) is 103 Å². The molecule has 7 aromatic carbocycles. The van der Waals surface area contributed by atoms with E-state index in [1.807, 2.05) is 24.3 Å². The van der Waals surface area contributed by atoms with Crippen LogP contribution in [0.4, 0.5) is 0 Å². The highest BCUT2D eigenvalue weighted by Gasteiger charge is 2.52. The summed E-state index contributed by atoms with van der Waals surface area (Å²) >= 11 is 6.86. The van der Waals surface area contributed by atoms with Gasteiger partial charge in [0.1, 0.15) is 22.3 Å². The van der Waals surface area contributed by atoms with Gasteiger partial charge in [0.2, 0.25) is 0 Å². The Morgan fingerprint density at radius 3 is 1.98 bits per heavy atom. The summed E-state index contributed by atoms with van der Waals surface area (Å²) in [5, 5.41) is 5.30. The van der Waals surface area contributed by atoms with E-state index in [0.29, 0.717) is 0 Å². The molecule has 1 spiro atoms. The van der Waals surface area contributed by atoms with Crippen LogP contribution in [0.1, 0.15) is 22.3 Å². The van der Waals surface area contributed by atoms with Crippen LogP contribution in [0.5, 0.6) is 0 Å². The van der Waals surface area contributed by atoms with Crippen molar-refractivity contribution in [2.45, 2.75) is 5.41 Å². The van der Waals surface area contributed by atoms with Crippen LogP contribution in [-0.4, -0.2) is 0 Å². The lowest BCUT2D eigenvalue weighted by molar-refractivity contribution is 0.668. The monoisotopic (exact) mass is 606 g/mol.